The fourth-order valence-electron chi connectivity index (χ4n) is 2.57. The second-order valence-electron chi connectivity index (χ2n) is 6.16. The van der Waals surface area contributed by atoms with Gasteiger partial charge in [0, 0.05) is 17.7 Å². The summed E-state index contributed by atoms with van der Waals surface area (Å²) in [5, 5.41) is 16.3. The third-order valence-electron chi connectivity index (χ3n) is 4.05. The number of hydrogen-bond acceptors (Lipinski definition) is 4. The fourth-order valence-corrected chi connectivity index (χ4v) is 2.74. The van der Waals surface area contributed by atoms with Gasteiger partial charge in [-0.2, -0.15) is 0 Å². The molecule has 0 spiro atoms. The first kappa shape index (κ1) is 20.8. The van der Waals surface area contributed by atoms with E-state index in [1.54, 1.807) is 54.6 Å². The van der Waals surface area contributed by atoms with Gasteiger partial charge in [-0.3, -0.25) is 19.7 Å². The van der Waals surface area contributed by atoms with Gasteiger partial charge in [0.05, 0.1) is 15.6 Å². The highest BCUT2D eigenvalue weighted by Gasteiger charge is 2.17. The third kappa shape index (κ3) is 5.30. The molecular formula is C22H16ClN3O4. The maximum atomic E-state index is 12.9. The van der Waals surface area contributed by atoms with Crippen LogP contribution in [0.2, 0.25) is 5.02 Å². The van der Waals surface area contributed by atoms with Crippen LogP contribution in [0.1, 0.15) is 15.9 Å². The normalized spacial score (nSPS) is 10.9. The molecule has 0 heterocycles. The highest BCUT2D eigenvalue weighted by molar-refractivity contribution is 6.34. The Labute approximate surface area is 177 Å². The van der Waals surface area contributed by atoms with Gasteiger partial charge in [-0.25, -0.2) is 0 Å². The molecule has 7 nitrogen and oxygen atoms in total. The molecule has 150 valence electrons. The molecule has 3 rings (SSSR count). The maximum absolute atomic E-state index is 12.9. The van der Waals surface area contributed by atoms with Crippen molar-refractivity contribution in [1.29, 1.82) is 0 Å². The van der Waals surface area contributed by atoms with E-state index in [1.807, 2.05) is 6.07 Å². The standard InChI is InChI=1S/C22H16ClN3O4/c23-18-12-11-17(26(29)30)14-19(18)24-22(28)20(13-15-7-3-1-4-8-15)25-21(27)16-9-5-2-6-10-16/h1-14H,(H,24,28)(H,25,27)/b20-13+. The van der Waals surface area contributed by atoms with Gasteiger partial charge in [0.2, 0.25) is 0 Å². The predicted molar refractivity (Wildman–Crippen MR) is 115 cm³/mol. The quantitative estimate of drug-likeness (QED) is 0.343. The van der Waals surface area contributed by atoms with Crippen LogP contribution < -0.4 is 10.6 Å². The van der Waals surface area contributed by atoms with E-state index in [1.165, 1.54) is 18.2 Å². The topological polar surface area (TPSA) is 101 Å². The lowest BCUT2D eigenvalue weighted by molar-refractivity contribution is -0.384. The first-order chi connectivity index (χ1) is 14.4. The number of amides is 2. The Bertz CT molecular complexity index is 1120. The van der Waals surface area contributed by atoms with Crippen molar-refractivity contribution in [2.75, 3.05) is 5.32 Å². The van der Waals surface area contributed by atoms with E-state index in [4.69, 9.17) is 11.6 Å². The van der Waals surface area contributed by atoms with E-state index in [0.717, 1.165) is 6.07 Å². The number of nitro groups is 1. The van der Waals surface area contributed by atoms with Crippen molar-refractivity contribution in [3.8, 4) is 0 Å². The molecule has 0 saturated carbocycles. The van der Waals surface area contributed by atoms with Gasteiger partial charge in [-0.1, -0.05) is 60.1 Å². The molecule has 3 aromatic carbocycles. The number of hydrogen-bond donors (Lipinski definition) is 2. The van der Waals surface area contributed by atoms with Crippen LogP contribution in [0, 0.1) is 10.1 Å². The van der Waals surface area contributed by atoms with Crippen molar-refractivity contribution in [1.82, 2.24) is 5.32 Å². The lowest BCUT2D eigenvalue weighted by Crippen LogP contribution is -2.30. The molecule has 0 aliphatic rings. The summed E-state index contributed by atoms with van der Waals surface area (Å²) < 4.78 is 0. The van der Waals surface area contributed by atoms with Crippen LogP contribution >= 0.6 is 11.6 Å². The Morgan fingerprint density at radius 1 is 0.933 bits per heavy atom. The monoisotopic (exact) mass is 421 g/mol. The largest absolute Gasteiger partial charge is 0.319 e. The number of nitrogens with zero attached hydrogens (tertiary/aromatic N) is 1. The van der Waals surface area contributed by atoms with Crippen molar-refractivity contribution in [2.24, 2.45) is 0 Å². The van der Waals surface area contributed by atoms with E-state index in [-0.39, 0.29) is 22.1 Å². The lowest BCUT2D eigenvalue weighted by Gasteiger charge is -2.12. The van der Waals surface area contributed by atoms with Gasteiger partial charge in [-0.05, 0) is 29.8 Å². The summed E-state index contributed by atoms with van der Waals surface area (Å²) in [5.41, 5.74) is 0.844. The Morgan fingerprint density at radius 2 is 1.57 bits per heavy atom. The molecule has 0 fully saturated rings. The number of nitrogens with one attached hydrogen (secondary N) is 2. The number of benzene rings is 3. The summed E-state index contributed by atoms with van der Waals surface area (Å²) >= 11 is 6.07. The zero-order valence-electron chi connectivity index (χ0n) is 15.5. The van der Waals surface area contributed by atoms with Crippen molar-refractivity contribution >= 4 is 40.9 Å². The van der Waals surface area contributed by atoms with Gasteiger partial charge in [0.25, 0.3) is 17.5 Å². The summed E-state index contributed by atoms with van der Waals surface area (Å²) in [4.78, 5) is 35.9. The van der Waals surface area contributed by atoms with Crippen molar-refractivity contribution in [3.05, 3.63) is 111 Å². The highest BCUT2D eigenvalue weighted by Crippen LogP contribution is 2.27. The van der Waals surface area contributed by atoms with Crippen molar-refractivity contribution < 1.29 is 14.5 Å². The van der Waals surface area contributed by atoms with Crippen LogP contribution in [0.3, 0.4) is 0 Å². The van der Waals surface area contributed by atoms with Crippen LogP contribution in [-0.4, -0.2) is 16.7 Å². The van der Waals surface area contributed by atoms with Gasteiger partial charge >= 0.3 is 0 Å². The van der Waals surface area contributed by atoms with Gasteiger partial charge in [0.15, 0.2) is 0 Å². The van der Waals surface area contributed by atoms with E-state index < -0.39 is 16.7 Å². The van der Waals surface area contributed by atoms with Crippen molar-refractivity contribution in [2.45, 2.75) is 0 Å². The average Bonchev–Trinajstić information content (AvgIpc) is 2.76. The Morgan fingerprint density at radius 3 is 2.20 bits per heavy atom. The number of carbonyl (C=O) groups excluding carboxylic acids is 2. The van der Waals surface area contributed by atoms with E-state index in [9.17, 15) is 19.7 Å². The molecule has 0 saturated heterocycles. The molecule has 0 radical (unpaired) electrons. The summed E-state index contributed by atoms with van der Waals surface area (Å²) in [5.74, 6) is -1.15. The second kappa shape index (κ2) is 9.49. The summed E-state index contributed by atoms with van der Waals surface area (Å²) in [6.45, 7) is 0. The SMILES string of the molecule is O=C(Nc1cc([N+](=O)[O-])ccc1Cl)/C(=C\c1ccccc1)NC(=O)c1ccccc1. The zero-order chi connectivity index (χ0) is 21.5. The number of anilines is 1. The summed E-state index contributed by atoms with van der Waals surface area (Å²) in [6.07, 6.45) is 1.50. The smallest absolute Gasteiger partial charge is 0.272 e. The Hall–Kier alpha value is -3.97. The predicted octanol–water partition coefficient (Wildman–Crippen LogP) is 4.66. The first-order valence-electron chi connectivity index (χ1n) is 8.82. The number of carbonyl (C=O) groups is 2. The van der Waals surface area contributed by atoms with E-state index in [0.29, 0.717) is 11.1 Å². The van der Waals surface area contributed by atoms with Crippen LogP contribution in [0.15, 0.2) is 84.6 Å². The molecule has 30 heavy (non-hydrogen) atoms. The van der Waals surface area contributed by atoms with Gasteiger partial charge < -0.3 is 10.6 Å². The molecule has 2 N–H and O–H groups in total. The lowest BCUT2D eigenvalue weighted by atomic mass is 10.1. The van der Waals surface area contributed by atoms with Crippen molar-refractivity contribution in [3.63, 3.8) is 0 Å². The molecular weight excluding hydrogens is 406 g/mol. The van der Waals surface area contributed by atoms with E-state index in [2.05, 4.69) is 10.6 Å². The minimum absolute atomic E-state index is 0.0439. The molecule has 3 aromatic rings. The third-order valence-corrected chi connectivity index (χ3v) is 4.38. The summed E-state index contributed by atoms with van der Waals surface area (Å²) in [7, 11) is 0. The van der Waals surface area contributed by atoms with Gasteiger partial charge in [-0.15, -0.1) is 0 Å². The van der Waals surface area contributed by atoms with Crippen LogP contribution in [0.25, 0.3) is 6.08 Å². The summed E-state index contributed by atoms with van der Waals surface area (Å²) in [6, 6.07) is 21.1. The zero-order valence-corrected chi connectivity index (χ0v) is 16.3. The number of nitro benzene ring substituents is 1. The number of rotatable bonds is 6. The average molecular weight is 422 g/mol. The molecule has 0 aromatic heterocycles. The molecule has 0 unspecified atom stereocenters. The molecule has 0 aliphatic carbocycles. The minimum Gasteiger partial charge on any atom is -0.319 e. The first-order valence-corrected chi connectivity index (χ1v) is 9.20. The highest BCUT2D eigenvalue weighted by atomic mass is 35.5. The van der Waals surface area contributed by atoms with E-state index >= 15 is 0 Å². The van der Waals surface area contributed by atoms with Crippen LogP contribution in [-0.2, 0) is 4.79 Å². The maximum Gasteiger partial charge on any atom is 0.272 e. The fraction of sp³-hybridized carbons (Fsp3) is 0. The minimum atomic E-state index is -0.675. The van der Waals surface area contributed by atoms with Gasteiger partial charge in [0.1, 0.15) is 5.70 Å². The molecule has 8 heteroatoms. The molecule has 2 amide bonds. The number of halogens is 1. The number of non-ortho nitro benzene ring substituents is 1. The Kier molecular flexibility index (Phi) is 6.56. The second-order valence-corrected chi connectivity index (χ2v) is 6.57. The Balaban J connectivity index is 1.91. The molecule has 0 aliphatic heterocycles. The van der Waals surface area contributed by atoms with Crippen LogP contribution in [0.4, 0.5) is 11.4 Å². The molecule has 0 bridgehead atoms. The van der Waals surface area contributed by atoms with Crippen LogP contribution in [0.5, 0.6) is 0 Å². The molecule has 0 atom stereocenters.